The van der Waals surface area contributed by atoms with Gasteiger partial charge in [0.15, 0.2) is 5.78 Å². The number of nitrogens with one attached hydrogen (secondary N) is 1. The average molecular weight is 460 g/mol. The van der Waals surface area contributed by atoms with Crippen molar-refractivity contribution in [2.45, 2.75) is 58.5 Å². The number of rotatable bonds is 11. The van der Waals surface area contributed by atoms with Crippen molar-refractivity contribution in [2.75, 3.05) is 0 Å². The minimum absolute atomic E-state index is 0.125. The summed E-state index contributed by atoms with van der Waals surface area (Å²) < 4.78 is 5.93. The zero-order valence-corrected chi connectivity index (χ0v) is 19.8. The number of hydrogen-bond acceptors (Lipinski definition) is 4. The number of carbonyl (C=O) groups is 2. The lowest BCUT2D eigenvalue weighted by atomic mass is 9.77. The molecule has 0 bridgehead atoms. The van der Waals surface area contributed by atoms with Gasteiger partial charge in [0.1, 0.15) is 12.4 Å². The van der Waals surface area contributed by atoms with Crippen LogP contribution < -0.4 is 0 Å². The molecule has 178 valence electrons. The molecule has 0 aromatic heterocycles. The Morgan fingerprint density at radius 2 is 2.03 bits per heavy atom. The molecule has 5 heteroatoms. The maximum Gasteiger partial charge on any atom is 0.303 e. The summed E-state index contributed by atoms with van der Waals surface area (Å²) in [5, 5.41) is 16.3. The summed E-state index contributed by atoms with van der Waals surface area (Å²) in [6.07, 6.45) is 16.0. The van der Waals surface area contributed by atoms with Crippen LogP contribution in [0.15, 0.2) is 77.3 Å². The normalized spacial score (nSPS) is 20.2. The van der Waals surface area contributed by atoms with Crippen molar-refractivity contribution in [3.8, 4) is 0 Å². The van der Waals surface area contributed by atoms with Crippen LogP contribution >= 0.6 is 0 Å². The van der Waals surface area contributed by atoms with Crippen LogP contribution in [-0.4, -0.2) is 23.1 Å². The Labute approximate surface area is 201 Å². The fraction of sp³-hybridized carbons (Fsp3) is 0.379. The number of ether oxygens (including phenoxy) is 1. The molecule has 34 heavy (non-hydrogen) atoms. The van der Waals surface area contributed by atoms with Crippen molar-refractivity contribution in [1.82, 2.24) is 0 Å². The van der Waals surface area contributed by atoms with Crippen molar-refractivity contribution >= 4 is 18.0 Å². The number of carbonyl (C=O) groups excluding carboxylic acids is 1. The van der Waals surface area contributed by atoms with Crippen molar-refractivity contribution < 1.29 is 19.4 Å². The highest BCUT2D eigenvalue weighted by Gasteiger charge is 2.24. The molecule has 2 N–H and O–H groups in total. The maximum absolute atomic E-state index is 12.8. The van der Waals surface area contributed by atoms with Gasteiger partial charge in [0.25, 0.3) is 0 Å². The maximum atomic E-state index is 12.8. The van der Waals surface area contributed by atoms with E-state index in [1.54, 1.807) is 12.2 Å². The second kappa shape index (κ2) is 12.7. The first-order valence-corrected chi connectivity index (χ1v) is 11.9. The van der Waals surface area contributed by atoms with E-state index in [1.807, 2.05) is 49.4 Å². The fourth-order valence-corrected chi connectivity index (χ4v) is 4.62. The van der Waals surface area contributed by atoms with Crippen molar-refractivity contribution in [3.63, 3.8) is 0 Å². The number of benzene rings is 1. The Morgan fingerprint density at radius 3 is 2.82 bits per heavy atom. The highest BCUT2D eigenvalue weighted by Crippen LogP contribution is 2.34. The summed E-state index contributed by atoms with van der Waals surface area (Å²) in [7, 11) is 0. The summed E-state index contributed by atoms with van der Waals surface area (Å²) in [5.74, 6) is 0.763. The van der Waals surface area contributed by atoms with Gasteiger partial charge in [-0.05, 0) is 79.0 Å². The van der Waals surface area contributed by atoms with Crippen LogP contribution in [0.5, 0.6) is 0 Å². The van der Waals surface area contributed by atoms with Crippen LogP contribution in [0.4, 0.5) is 0 Å². The number of carboxylic acids is 1. The second-order valence-electron chi connectivity index (χ2n) is 9.11. The van der Waals surface area contributed by atoms with Gasteiger partial charge in [-0.15, -0.1) is 5.73 Å². The number of aliphatic carboxylic acids is 1. The largest absolute Gasteiger partial charge is 0.488 e. The minimum Gasteiger partial charge on any atom is -0.488 e. The average Bonchev–Trinajstić information content (AvgIpc) is 3.07. The van der Waals surface area contributed by atoms with E-state index in [4.69, 9.17) is 15.3 Å². The van der Waals surface area contributed by atoms with Gasteiger partial charge in [-0.1, -0.05) is 37.1 Å². The smallest absolute Gasteiger partial charge is 0.303 e. The summed E-state index contributed by atoms with van der Waals surface area (Å²) in [5.41, 5.74) is 6.67. The Balaban J connectivity index is 1.53. The third-order valence-corrected chi connectivity index (χ3v) is 6.47. The Kier molecular flexibility index (Phi) is 9.42. The predicted molar refractivity (Wildman–Crippen MR) is 134 cm³/mol. The van der Waals surface area contributed by atoms with Crippen LogP contribution in [0.3, 0.4) is 0 Å². The molecule has 0 spiro atoms. The first-order chi connectivity index (χ1) is 16.4. The highest BCUT2D eigenvalue weighted by atomic mass is 16.5. The van der Waals surface area contributed by atoms with E-state index in [0.717, 1.165) is 48.8 Å². The number of carboxylic acid groups (broad SMARTS) is 1. The van der Waals surface area contributed by atoms with Crippen LogP contribution in [0.2, 0.25) is 0 Å². The molecule has 1 saturated carbocycles. The molecule has 2 unspecified atom stereocenters. The summed E-state index contributed by atoms with van der Waals surface area (Å²) in [6.45, 7) is 2.29. The SMILES string of the molecule is C/C(=C\C=N)C1=CC=C(OCc2cccc(C(=O)CCC3CCCC(CC(=O)O)C3)c2)C=C=C1. The van der Waals surface area contributed by atoms with E-state index in [0.29, 0.717) is 30.3 Å². The van der Waals surface area contributed by atoms with Crippen LogP contribution in [0.1, 0.15) is 67.8 Å². The second-order valence-corrected chi connectivity index (χ2v) is 9.11. The van der Waals surface area contributed by atoms with Gasteiger partial charge in [0.2, 0.25) is 0 Å². The Hall–Kier alpha value is -3.43. The van der Waals surface area contributed by atoms with Gasteiger partial charge >= 0.3 is 5.97 Å². The first kappa shape index (κ1) is 25.2. The molecule has 1 fully saturated rings. The topological polar surface area (TPSA) is 87.5 Å². The van der Waals surface area contributed by atoms with Crippen LogP contribution in [0, 0.1) is 17.2 Å². The van der Waals surface area contributed by atoms with E-state index in [1.165, 1.54) is 6.21 Å². The van der Waals surface area contributed by atoms with Crippen LogP contribution in [0.25, 0.3) is 0 Å². The van der Waals surface area contributed by atoms with Gasteiger partial charge in [-0.25, -0.2) is 0 Å². The molecule has 1 aromatic rings. The molecular formula is C29H33NO4. The van der Waals surface area contributed by atoms with E-state index < -0.39 is 5.97 Å². The molecule has 0 amide bonds. The summed E-state index contributed by atoms with van der Waals surface area (Å²) in [6, 6.07) is 7.58. The molecular weight excluding hydrogens is 426 g/mol. The Morgan fingerprint density at radius 1 is 1.21 bits per heavy atom. The zero-order chi connectivity index (χ0) is 24.3. The third kappa shape index (κ3) is 7.86. The molecule has 2 aliphatic carbocycles. The molecule has 3 rings (SSSR count). The van der Waals surface area contributed by atoms with Gasteiger partial charge in [-0.2, -0.15) is 0 Å². The lowest BCUT2D eigenvalue weighted by Gasteiger charge is -2.28. The molecule has 2 aliphatic rings. The van der Waals surface area contributed by atoms with E-state index >= 15 is 0 Å². The van der Waals surface area contributed by atoms with Gasteiger partial charge in [-0.3, -0.25) is 9.59 Å². The monoisotopic (exact) mass is 459 g/mol. The van der Waals surface area contributed by atoms with E-state index in [2.05, 4.69) is 5.73 Å². The fourth-order valence-electron chi connectivity index (χ4n) is 4.62. The lowest BCUT2D eigenvalue weighted by molar-refractivity contribution is -0.138. The number of allylic oxidation sites excluding steroid dienone is 6. The number of ketones is 1. The molecule has 0 heterocycles. The molecule has 0 aliphatic heterocycles. The van der Waals surface area contributed by atoms with E-state index in [-0.39, 0.29) is 18.1 Å². The number of hydrogen-bond donors (Lipinski definition) is 2. The standard InChI is InChI=1S/C29H33NO4/c1-21(15-16-30)25-8-4-10-27(13-12-25)34-20-24-7-3-9-26(18-24)28(31)14-11-22-5-2-6-23(17-22)19-29(32)33/h3,7-10,12-13,15-16,18,22-23,30H,2,5-6,11,14,17,19-20H2,1H3,(H,32,33)/b21-15+,30-16?. The Bertz CT molecular complexity index is 1070. The lowest BCUT2D eigenvalue weighted by Crippen LogP contribution is -2.19. The third-order valence-electron chi connectivity index (χ3n) is 6.47. The summed E-state index contributed by atoms with van der Waals surface area (Å²) >= 11 is 0. The predicted octanol–water partition coefficient (Wildman–Crippen LogP) is 6.58. The molecule has 5 nitrogen and oxygen atoms in total. The van der Waals surface area contributed by atoms with Gasteiger partial charge in [0, 0.05) is 30.7 Å². The molecule has 2 atom stereocenters. The van der Waals surface area contributed by atoms with Crippen LogP contribution in [-0.2, 0) is 16.1 Å². The first-order valence-electron chi connectivity index (χ1n) is 11.9. The van der Waals surface area contributed by atoms with Crippen molar-refractivity contribution in [2.24, 2.45) is 11.8 Å². The van der Waals surface area contributed by atoms with Crippen molar-refractivity contribution in [1.29, 1.82) is 5.41 Å². The summed E-state index contributed by atoms with van der Waals surface area (Å²) in [4.78, 5) is 23.8. The minimum atomic E-state index is -0.724. The highest BCUT2D eigenvalue weighted by molar-refractivity contribution is 5.96. The molecule has 0 saturated heterocycles. The quantitative estimate of drug-likeness (QED) is 0.222. The van der Waals surface area contributed by atoms with Gasteiger partial charge in [0.05, 0.1) is 0 Å². The molecule has 0 radical (unpaired) electrons. The van der Waals surface area contributed by atoms with Crippen molar-refractivity contribution in [3.05, 3.63) is 88.4 Å². The zero-order valence-electron chi connectivity index (χ0n) is 19.8. The molecule has 1 aromatic carbocycles. The van der Waals surface area contributed by atoms with E-state index in [9.17, 15) is 9.59 Å². The number of Topliss-reactive ketones (excluding diaryl/α,β-unsaturated/α-hetero) is 1. The van der Waals surface area contributed by atoms with Gasteiger partial charge < -0.3 is 15.3 Å².